The summed E-state index contributed by atoms with van der Waals surface area (Å²) in [4.78, 5) is 0. The van der Waals surface area contributed by atoms with Crippen LogP contribution in [0.5, 0.6) is 5.75 Å². The molecule has 106 valence electrons. The van der Waals surface area contributed by atoms with Crippen molar-refractivity contribution in [1.82, 2.24) is 0 Å². The zero-order valence-electron chi connectivity index (χ0n) is 11.5. The van der Waals surface area contributed by atoms with Crippen LogP contribution >= 0.6 is 23.2 Å². The van der Waals surface area contributed by atoms with E-state index in [9.17, 15) is 0 Å². The molecule has 20 heavy (non-hydrogen) atoms. The lowest BCUT2D eigenvalue weighted by molar-refractivity contribution is 0.332. The van der Waals surface area contributed by atoms with Gasteiger partial charge >= 0.3 is 0 Å². The molecule has 0 aliphatic heterocycles. The Kier molecular flexibility index (Phi) is 5.16. The van der Waals surface area contributed by atoms with Gasteiger partial charge in [-0.2, -0.15) is 0 Å². The summed E-state index contributed by atoms with van der Waals surface area (Å²) in [6.07, 6.45) is 0. The number of halogens is 2. The number of benzene rings is 2. The van der Waals surface area contributed by atoms with Crippen LogP contribution in [0.1, 0.15) is 11.1 Å². The number of anilines is 1. The third kappa shape index (κ3) is 4.06. The molecule has 0 unspecified atom stereocenters. The first-order chi connectivity index (χ1) is 9.56. The normalized spacial score (nSPS) is 10.4. The minimum atomic E-state index is 0.548. The van der Waals surface area contributed by atoms with Gasteiger partial charge in [0.05, 0.1) is 10.0 Å². The fourth-order valence-electron chi connectivity index (χ4n) is 1.77. The lowest BCUT2D eigenvalue weighted by atomic mass is 10.1. The van der Waals surface area contributed by atoms with Crippen molar-refractivity contribution in [1.29, 1.82) is 0 Å². The summed E-state index contributed by atoms with van der Waals surface area (Å²) in [5.74, 6) is 0.893. The highest BCUT2D eigenvalue weighted by Crippen LogP contribution is 2.24. The Morgan fingerprint density at radius 1 is 0.950 bits per heavy atom. The number of hydrogen-bond donors (Lipinski definition) is 1. The maximum atomic E-state index is 5.95. The summed E-state index contributed by atoms with van der Waals surface area (Å²) in [5.41, 5.74) is 3.44. The van der Waals surface area contributed by atoms with Crippen LogP contribution in [0.3, 0.4) is 0 Å². The SMILES string of the molecule is Cc1ccc(OCCNc2ccc(Cl)c(Cl)c2)cc1C. The summed E-state index contributed by atoms with van der Waals surface area (Å²) in [6.45, 7) is 5.45. The van der Waals surface area contributed by atoms with E-state index in [1.165, 1.54) is 11.1 Å². The molecule has 1 N–H and O–H groups in total. The smallest absolute Gasteiger partial charge is 0.119 e. The molecule has 0 bridgehead atoms. The van der Waals surface area contributed by atoms with Crippen LogP contribution in [0, 0.1) is 13.8 Å². The number of hydrogen-bond acceptors (Lipinski definition) is 2. The molecule has 2 nitrogen and oxygen atoms in total. The van der Waals surface area contributed by atoms with E-state index in [0.717, 1.165) is 11.4 Å². The molecule has 2 aromatic carbocycles. The summed E-state index contributed by atoms with van der Waals surface area (Å²) in [6, 6.07) is 11.6. The van der Waals surface area contributed by atoms with Gasteiger partial charge in [-0.05, 0) is 55.3 Å². The summed E-state index contributed by atoms with van der Waals surface area (Å²) in [7, 11) is 0. The van der Waals surface area contributed by atoms with Gasteiger partial charge in [0.1, 0.15) is 12.4 Å². The predicted octanol–water partition coefficient (Wildman–Crippen LogP) is 5.10. The molecule has 0 heterocycles. The van der Waals surface area contributed by atoms with E-state index in [4.69, 9.17) is 27.9 Å². The van der Waals surface area contributed by atoms with Crippen LogP contribution in [-0.4, -0.2) is 13.2 Å². The second kappa shape index (κ2) is 6.87. The van der Waals surface area contributed by atoms with Gasteiger partial charge in [0.2, 0.25) is 0 Å². The zero-order chi connectivity index (χ0) is 14.5. The van der Waals surface area contributed by atoms with Crippen LogP contribution in [0.25, 0.3) is 0 Å². The average molecular weight is 310 g/mol. The molecule has 0 aliphatic carbocycles. The fourth-order valence-corrected chi connectivity index (χ4v) is 2.07. The molecular formula is C16H17Cl2NO. The molecule has 0 aliphatic rings. The summed E-state index contributed by atoms with van der Waals surface area (Å²) < 4.78 is 5.70. The van der Waals surface area contributed by atoms with E-state index in [0.29, 0.717) is 23.2 Å². The molecule has 0 radical (unpaired) electrons. The van der Waals surface area contributed by atoms with Crippen LogP contribution in [0.4, 0.5) is 5.69 Å². The lowest BCUT2D eigenvalue weighted by Gasteiger charge is -2.10. The van der Waals surface area contributed by atoms with Crippen molar-refractivity contribution in [3.63, 3.8) is 0 Å². The second-order valence-electron chi connectivity index (χ2n) is 4.65. The molecule has 2 rings (SSSR count). The minimum Gasteiger partial charge on any atom is -0.492 e. The van der Waals surface area contributed by atoms with E-state index < -0.39 is 0 Å². The van der Waals surface area contributed by atoms with E-state index >= 15 is 0 Å². The Morgan fingerprint density at radius 2 is 1.75 bits per heavy atom. The Morgan fingerprint density at radius 3 is 2.45 bits per heavy atom. The molecule has 0 fully saturated rings. The Labute approximate surface area is 129 Å². The van der Waals surface area contributed by atoms with Crippen LogP contribution < -0.4 is 10.1 Å². The van der Waals surface area contributed by atoms with Gasteiger partial charge < -0.3 is 10.1 Å². The van der Waals surface area contributed by atoms with Gasteiger partial charge in [-0.25, -0.2) is 0 Å². The number of rotatable bonds is 5. The third-order valence-corrected chi connectivity index (χ3v) is 3.84. The Balaban J connectivity index is 1.81. The van der Waals surface area contributed by atoms with Crippen molar-refractivity contribution >= 4 is 28.9 Å². The van der Waals surface area contributed by atoms with E-state index in [2.05, 4.69) is 31.3 Å². The Hall–Kier alpha value is -1.38. The second-order valence-corrected chi connectivity index (χ2v) is 5.46. The average Bonchev–Trinajstić information content (AvgIpc) is 2.42. The monoisotopic (exact) mass is 309 g/mol. The van der Waals surface area contributed by atoms with E-state index in [-0.39, 0.29) is 0 Å². The van der Waals surface area contributed by atoms with Crippen molar-refractivity contribution in [3.05, 3.63) is 57.6 Å². The van der Waals surface area contributed by atoms with Gasteiger partial charge in [0.25, 0.3) is 0 Å². The van der Waals surface area contributed by atoms with Crippen LogP contribution in [-0.2, 0) is 0 Å². The molecular weight excluding hydrogens is 293 g/mol. The topological polar surface area (TPSA) is 21.3 Å². The standard InChI is InChI=1S/C16H17Cl2NO/c1-11-3-5-14(9-12(11)2)20-8-7-19-13-4-6-15(17)16(18)10-13/h3-6,9-10,19H,7-8H2,1-2H3. The summed E-state index contributed by atoms with van der Waals surface area (Å²) in [5, 5.41) is 4.35. The van der Waals surface area contributed by atoms with Crippen molar-refractivity contribution in [2.24, 2.45) is 0 Å². The number of aryl methyl sites for hydroxylation is 2. The molecule has 0 spiro atoms. The fraction of sp³-hybridized carbons (Fsp3) is 0.250. The highest BCUT2D eigenvalue weighted by Gasteiger charge is 2.00. The Bertz CT molecular complexity index is 546. The largest absolute Gasteiger partial charge is 0.492 e. The molecule has 2 aromatic rings. The van der Waals surface area contributed by atoms with Crippen LogP contribution in [0.2, 0.25) is 10.0 Å². The third-order valence-electron chi connectivity index (χ3n) is 3.10. The summed E-state index contributed by atoms with van der Waals surface area (Å²) >= 11 is 11.8. The highest BCUT2D eigenvalue weighted by atomic mass is 35.5. The first-order valence-electron chi connectivity index (χ1n) is 6.45. The zero-order valence-corrected chi connectivity index (χ0v) is 13.1. The van der Waals surface area contributed by atoms with Crippen molar-refractivity contribution in [2.45, 2.75) is 13.8 Å². The molecule has 0 amide bonds. The van der Waals surface area contributed by atoms with Gasteiger partial charge in [-0.15, -0.1) is 0 Å². The van der Waals surface area contributed by atoms with Gasteiger partial charge in [0, 0.05) is 12.2 Å². The number of nitrogens with one attached hydrogen (secondary N) is 1. The number of ether oxygens (including phenoxy) is 1. The molecule has 4 heteroatoms. The lowest BCUT2D eigenvalue weighted by Crippen LogP contribution is -2.11. The van der Waals surface area contributed by atoms with Crippen molar-refractivity contribution < 1.29 is 4.74 Å². The van der Waals surface area contributed by atoms with E-state index in [1.54, 1.807) is 12.1 Å². The van der Waals surface area contributed by atoms with E-state index in [1.807, 2.05) is 12.1 Å². The van der Waals surface area contributed by atoms with Gasteiger partial charge in [-0.1, -0.05) is 29.3 Å². The molecule has 0 aromatic heterocycles. The van der Waals surface area contributed by atoms with Crippen molar-refractivity contribution in [2.75, 3.05) is 18.5 Å². The minimum absolute atomic E-state index is 0.548. The quantitative estimate of drug-likeness (QED) is 0.776. The maximum Gasteiger partial charge on any atom is 0.119 e. The molecule has 0 saturated carbocycles. The van der Waals surface area contributed by atoms with Gasteiger partial charge in [-0.3, -0.25) is 0 Å². The van der Waals surface area contributed by atoms with Crippen LogP contribution in [0.15, 0.2) is 36.4 Å². The molecule has 0 saturated heterocycles. The van der Waals surface area contributed by atoms with Crippen molar-refractivity contribution in [3.8, 4) is 5.75 Å². The van der Waals surface area contributed by atoms with Gasteiger partial charge in [0.15, 0.2) is 0 Å². The maximum absolute atomic E-state index is 5.95. The first-order valence-corrected chi connectivity index (χ1v) is 7.21. The highest BCUT2D eigenvalue weighted by molar-refractivity contribution is 6.42. The molecule has 0 atom stereocenters. The first kappa shape index (κ1) is 15.0. The predicted molar refractivity (Wildman–Crippen MR) is 86.4 cm³/mol.